The maximum Gasteiger partial charge on any atom is 0.0963 e. The van der Waals surface area contributed by atoms with Gasteiger partial charge in [0.15, 0.2) is 0 Å². The van der Waals surface area contributed by atoms with Crippen LogP contribution in [0.5, 0.6) is 0 Å². The van der Waals surface area contributed by atoms with Crippen molar-refractivity contribution in [3.63, 3.8) is 0 Å². The van der Waals surface area contributed by atoms with Crippen LogP contribution in [0.3, 0.4) is 0 Å². The fourth-order valence-corrected chi connectivity index (χ4v) is 7.51. The molecule has 1 aliphatic rings. The summed E-state index contributed by atoms with van der Waals surface area (Å²) in [4.78, 5) is 18.9. The predicted molar refractivity (Wildman–Crippen MR) is 204 cm³/mol. The number of fused-ring (bicyclic) bond motifs is 6. The molecule has 4 aromatic carbocycles. The van der Waals surface area contributed by atoms with E-state index in [2.05, 4.69) is 135 Å². The molecule has 0 saturated carbocycles. The normalized spacial score (nSPS) is 13.3. The van der Waals surface area contributed by atoms with Crippen LogP contribution in [-0.4, -0.2) is 29.8 Å². The van der Waals surface area contributed by atoms with Gasteiger partial charge in [-0.2, -0.15) is 0 Å². The van der Waals surface area contributed by atoms with Crippen LogP contribution < -0.4 is 0 Å². The van der Waals surface area contributed by atoms with E-state index in [0.717, 1.165) is 79.6 Å². The molecule has 0 aliphatic carbocycles. The molecule has 0 unspecified atom stereocenters. The minimum Gasteiger partial charge on any atom is -0.309 e. The molecular formula is C44H30N6. The van der Waals surface area contributed by atoms with E-state index in [1.807, 2.05) is 37.1 Å². The molecule has 10 rings (SSSR count). The molecule has 9 aromatic rings. The second-order valence-electron chi connectivity index (χ2n) is 12.7. The second kappa shape index (κ2) is 11.5. The minimum absolute atomic E-state index is 0.833. The summed E-state index contributed by atoms with van der Waals surface area (Å²) in [6.07, 6.45) is 11.4. The first-order valence-electron chi connectivity index (χ1n) is 16.9. The van der Waals surface area contributed by atoms with E-state index in [9.17, 15) is 0 Å². The van der Waals surface area contributed by atoms with E-state index in [0.29, 0.717) is 0 Å². The molecule has 0 amide bonds. The maximum atomic E-state index is 4.92. The summed E-state index contributed by atoms with van der Waals surface area (Å²) >= 11 is 0. The highest BCUT2D eigenvalue weighted by Gasteiger charge is 2.17. The first kappa shape index (κ1) is 28.4. The summed E-state index contributed by atoms with van der Waals surface area (Å²) in [6.45, 7) is 0. The molecule has 0 saturated heterocycles. The highest BCUT2D eigenvalue weighted by molar-refractivity contribution is 6.09. The zero-order chi connectivity index (χ0) is 33.0. The van der Waals surface area contributed by atoms with Crippen molar-refractivity contribution >= 4 is 55.0 Å². The molecule has 1 aliphatic heterocycles. The van der Waals surface area contributed by atoms with Crippen LogP contribution in [0.15, 0.2) is 163 Å². The Balaban J connectivity index is 0.943. The van der Waals surface area contributed by atoms with Gasteiger partial charge in [-0.3, -0.25) is 19.9 Å². The molecule has 5 aromatic heterocycles. The third-order valence-electron chi connectivity index (χ3n) is 9.88. The van der Waals surface area contributed by atoms with E-state index >= 15 is 0 Å². The lowest BCUT2D eigenvalue weighted by Gasteiger charge is -2.16. The van der Waals surface area contributed by atoms with Crippen molar-refractivity contribution in [2.75, 3.05) is 0 Å². The van der Waals surface area contributed by atoms with E-state index in [1.165, 1.54) is 22.0 Å². The first-order chi connectivity index (χ1) is 24.8. The lowest BCUT2D eigenvalue weighted by Crippen LogP contribution is -2.07. The first-order valence-corrected chi connectivity index (χ1v) is 16.9. The standard InChI is InChI=1S/C44H30N6/c1-3-14-40-35(12-1)37-28-45-23-21-42(37)49(40)33-10-5-8-29(24-33)31-17-19-38(47-26-31)39-20-18-32(27-48-39)30-9-6-11-34(25-30)50-41-15-4-2-13-36(41)44-43(50)16-7-22-46-44/h1-17,19,21-28H,18,20H2. The molecule has 0 radical (unpaired) electrons. The van der Waals surface area contributed by atoms with Gasteiger partial charge in [-0.05, 0) is 90.2 Å². The van der Waals surface area contributed by atoms with Crippen LogP contribution in [0.25, 0.3) is 71.8 Å². The Hall–Kier alpha value is -6.66. The van der Waals surface area contributed by atoms with Crippen LogP contribution in [0.1, 0.15) is 24.1 Å². The average molecular weight is 643 g/mol. The Morgan fingerprint density at radius 1 is 0.480 bits per heavy atom. The van der Waals surface area contributed by atoms with Gasteiger partial charge < -0.3 is 9.13 Å². The number of nitrogens with zero attached hydrogens (tertiary/aromatic N) is 6. The van der Waals surface area contributed by atoms with Gasteiger partial charge in [0.2, 0.25) is 0 Å². The van der Waals surface area contributed by atoms with Crippen LogP contribution in [0.2, 0.25) is 0 Å². The number of benzene rings is 4. The highest BCUT2D eigenvalue weighted by atomic mass is 15.0. The third-order valence-corrected chi connectivity index (χ3v) is 9.88. The number of rotatable bonds is 5. The van der Waals surface area contributed by atoms with Crippen LogP contribution in [-0.2, 0) is 0 Å². The molecular weight excluding hydrogens is 613 g/mol. The summed E-state index contributed by atoms with van der Waals surface area (Å²) in [5, 5.41) is 3.51. The number of aliphatic imine (C=N–C) groups is 1. The van der Waals surface area contributed by atoms with Gasteiger partial charge in [-0.1, -0.05) is 66.7 Å². The quantitative estimate of drug-likeness (QED) is 0.188. The second-order valence-corrected chi connectivity index (χ2v) is 12.7. The van der Waals surface area contributed by atoms with Gasteiger partial charge in [-0.15, -0.1) is 0 Å². The largest absolute Gasteiger partial charge is 0.309 e. The number of hydrogen-bond donors (Lipinski definition) is 0. The van der Waals surface area contributed by atoms with Crippen LogP contribution in [0, 0.1) is 0 Å². The van der Waals surface area contributed by atoms with Gasteiger partial charge in [0.05, 0.1) is 39.0 Å². The van der Waals surface area contributed by atoms with E-state index in [-0.39, 0.29) is 0 Å². The molecule has 6 heteroatoms. The fourth-order valence-electron chi connectivity index (χ4n) is 7.51. The lowest BCUT2D eigenvalue weighted by atomic mass is 9.96. The molecule has 0 N–H and O–H groups in total. The smallest absolute Gasteiger partial charge is 0.0963 e. The Bertz CT molecular complexity index is 2710. The molecule has 50 heavy (non-hydrogen) atoms. The van der Waals surface area contributed by atoms with Crippen molar-refractivity contribution in [2.24, 2.45) is 4.99 Å². The van der Waals surface area contributed by atoms with Crippen molar-refractivity contribution in [3.05, 3.63) is 170 Å². The Morgan fingerprint density at radius 2 is 1.20 bits per heavy atom. The maximum absolute atomic E-state index is 4.92. The van der Waals surface area contributed by atoms with E-state index < -0.39 is 0 Å². The monoisotopic (exact) mass is 642 g/mol. The molecule has 0 atom stereocenters. The molecule has 6 heterocycles. The summed E-state index contributed by atoms with van der Waals surface area (Å²) < 4.78 is 4.62. The SMILES string of the molecule is C1=C(c2cccc(-n3c4ccccc4c4ncccc43)c2)CCC(c2ccc(-c3cccc(-n4c5ccccc5c5cnccc54)c3)cn2)=N1. The molecule has 6 nitrogen and oxygen atoms in total. The Labute approximate surface area is 288 Å². The summed E-state index contributed by atoms with van der Waals surface area (Å²) in [5.74, 6) is 0. The number of hydrogen-bond acceptors (Lipinski definition) is 4. The summed E-state index contributed by atoms with van der Waals surface area (Å²) in [6, 6.07) is 44.9. The Kier molecular flexibility index (Phi) is 6.52. The van der Waals surface area contributed by atoms with Crippen molar-refractivity contribution in [2.45, 2.75) is 12.8 Å². The fraction of sp³-hybridized carbons (Fsp3) is 0.0455. The van der Waals surface area contributed by atoms with Crippen molar-refractivity contribution in [3.8, 4) is 22.5 Å². The van der Waals surface area contributed by atoms with Gasteiger partial charge in [0.25, 0.3) is 0 Å². The van der Waals surface area contributed by atoms with Crippen molar-refractivity contribution in [1.29, 1.82) is 0 Å². The predicted octanol–water partition coefficient (Wildman–Crippen LogP) is 10.4. The Morgan fingerprint density at radius 3 is 2.00 bits per heavy atom. The number of para-hydroxylation sites is 2. The minimum atomic E-state index is 0.833. The molecule has 0 fully saturated rings. The van der Waals surface area contributed by atoms with Crippen molar-refractivity contribution in [1.82, 2.24) is 24.1 Å². The van der Waals surface area contributed by atoms with E-state index in [4.69, 9.17) is 15.0 Å². The van der Waals surface area contributed by atoms with Gasteiger partial charge in [-0.25, -0.2) is 0 Å². The third kappa shape index (κ3) is 4.57. The van der Waals surface area contributed by atoms with Crippen LogP contribution in [0.4, 0.5) is 0 Å². The van der Waals surface area contributed by atoms with Crippen LogP contribution >= 0.6 is 0 Å². The number of aromatic nitrogens is 5. The molecule has 236 valence electrons. The summed E-state index contributed by atoms with van der Waals surface area (Å²) in [7, 11) is 0. The average Bonchev–Trinajstić information content (AvgIpc) is 3.71. The highest BCUT2D eigenvalue weighted by Crippen LogP contribution is 2.34. The zero-order valence-electron chi connectivity index (χ0n) is 27.1. The number of pyridine rings is 3. The van der Waals surface area contributed by atoms with E-state index in [1.54, 1.807) is 0 Å². The molecule has 0 spiro atoms. The van der Waals surface area contributed by atoms with Crippen molar-refractivity contribution < 1.29 is 0 Å². The lowest BCUT2D eigenvalue weighted by molar-refractivity contribution is 1.06. The topological polar surface area (TPSA) is 60.9 Å². The zero-order valence-corrected chi connectivity index (χ0v) is 27.1. The molecule has 0 bridgehead atoms. The number of allylic oxidation sites excluding steroid dienone is 1. The summed E-state index contributed by atoms with van der Waals surface area (Å²) in [5.41, 5.74) is 14.3. The van der Waals surface area contributed by atoms with Gasteiger partial charge >= 0.3 is 0 Å². The van der Waals surface area contributed by atoms with Gasteiger partial charge in [0.1, 0.15) is 0 Å². The van der Waals surface area contributed by atoms with Gasteiger partial charge in [0, 0.05) is 64.1 Å².